The molecule has 0 heterocycles. The lowest BCUT2D eigenvalue weighted by molar-refractivity contribution is 0.632. The second-order valence-corrected chi connectivity index (χ2v) is 4.71. The van der Waals surface area contributed by atoms with E-state index in [2.05, 4.69) is 47.1 Å². The van der Waals surface area contributed by atoms with Gasteiger partial charge in [0.15, 0.2) is 0 Å². The minimum Gasteiger partial charge on any atom is -0.0654 e. The number of hydrogen-bond acceptors (Lipinski definition) is 0. The summed E-state index contributed by atoms with van der Waals surface area (Å²) in [6.07, 6.45) is 8.04. The fraction of sp³-hybridized carbons (Fsp3) is 0.538. The van der Waals surface area contributed by atoms with Crippen molar-refractivity contribution in [1.82, 2.24) is 0 Å². The molecular formula is C13H19Br. The van der Waals surface area contributed by atoms with Crippen LogP contribution in [0.3, 0.4) is 0 Å². The third-order valence-corrected chi connectivity index (χ3v) is 2.95. The molecular weight excluding hydrogens is 236 g/mol. The van der Waals surface area contributed by atoms with Crippen molar-refractivity contribution >= 4 is 15.9 Å². The van der Waals surface area contributed by atoms with Crippen LogP contribution < -0.4 is 0 Å². The molecule has 0 aliphatic rings. The highest BCUT2D eigenvalue weighted by Crippen LogP contribution is 2.14. The molecule has 0 nitrogen and oxygen atoms in total. The summed E-state index contributed by atoms with van der Waals surface area (Å²) in [6.45, 7) is 2.26. The van der Waals surface area contributed by atoms with Crippen molar-refractivity contribution in [2.75, 3.05) is 0 Å². The van der Waals surface area contributed by atoms with Crippen LogP contribution in [0.2, 0.25) is 0 Å². The number of rotatable bonds is 6. The number of hydrogen-bond donors (Lipinski definition) is 0. The highest BCUT2D eigenvalue weighted by atomic mass is 79.9. The lowest BCUT2D eigenvalue weighted by Crippen LogP contribution is -1.85. The van der Waals surface area contributed by atoms with Crippen LogP contribution in [0, 0.1) is 0 Å². The summed E-state index contributed by atoms with van der Waals surface area (Å²) in [4.78, 5) is 0. The van der Waals surface area contributed by atoms with Crippen LogP contribution in [0.4, 0.5) is 0 Å². The van der Waals surface area contributed by atoms with E-state index in [1.165, 1.54) is 48.6 Å². The molecule has 0 aliphatic heterocycles. The zero-order valence-corrected chi connectivity index (χ0v) is 10.5. The van der Waals surface area contributed by atoms with Gasteiger partial charge in [-0.05, 0) is 30.5 Å². The zero-order chi connectivity index (χ0) is 10.2. The molecule has 0 spiro atoms. The number of aryl methyl sites for hydroxylation is 1. The number of unbranched alkanes of at least 4 members (excludes halogenated alkanes) is 4. The van der Waals surface area contributed by atoms with Crippen LogP contribution in [-0.2, 0) is 6.42 Å². The molecule has 1 rings (SSSR count). The molecule has 0 aromatic heterocycles. The highest BCUT2D eigenvalue weighted by Gasteiger charge is 1.94. The lowest BCUT2D eigenvalue weighted by Gasteiger charge is -2.01. The second kappa shape index (κ2) is 7.05. The Morgan fingerprint density at radius 3 is 2.57 bits per heavy atom. The van der Waals surface area contributed by atoms with E-state index in [4.69, 9.17) is 0 Å². The van der Waals surface area contributed by atoms with Gasteiger partial charge >= 0.3 is 0 Å². The summed E-state index contributed by atoms with van der Waals surface area (Å²) >= 11 is 3.50. The van der Waals surface area contributed by atoms with Gasteiger partial charge in [0.05, 0.1) is 0 Å². The van der Waals surface area contributed by atoms with Gasteiger partial charge in [0.2, 0.25) is 0 Å². The van der Waals surface area contributed by atoms with Crippen molar-refractivity contribution < 1.29 is 0 Å². The number of benzene rings is 1. The molecule has 0 atom stereocenters. The molecule has 0 aliphatic carbocycles. The molecule has 0 saturated heterocycles. The standard InChI is InChI=1S/C13H19Br/c1-2-3-4-5-6-8-12-9-7-10-13(14)11-12/h7,9-11H,2-6,8H2,1H3. The Morgan fingerprint density at radius 2 is 1.86 bits per heavy atom. The van der Waals surface area contributed by atoms with E-state index in [9.17, 15) is 0 Å². The Morgan fingerprint density at radius 1 is 1.07 bits per heavy atom. The Kier molecular flexibility index (Phi) is 5.93. The molecule has 78 valence electrons. The van der Waals surface area contributed by atoms with Gasteiger partial charge in [0.1, 0.15) is 0 Å². The van der Waals surface area contributed by atoms with Gasteiger partial charge in [-0.1, -0.05) is 60.7 Å². The molecule has 0 fully saturated rings. The SMILES string of the molecule is CCCCCCCc1cccc(Br)c1. The fourth-order valence-electron chi connectivity index (χ4n) is 1.63. The first-order valence-electron chi connectivity index (χ1n) is 5.57. The maximum Gasteiger partial charge on any atom is 0.0177 e. The Hall–Kier alpha value is -0.300. The van der Waals surface area contributed by atoms with E-state index in [1.807, 2.05) is 0 Å². The minimum absolute atomic E-state index is 1.20. The van der Waals surface area contributed by atoms with E-state index < -0.39 is 0 Å². The summed E-state index contributed by atoms with van der Waals surface area (Å²) in [5, 5.41) is 0. The van der Waals surface area contributed by atoms with Crippen molar-refractivity contribution in [3.05, 3.63) is 34.3 Å². The quantitative estimate of drug-likeness (QED) is 0.630. The summed E-state index contributed by atoms with van der Waals surface area (Å²) in [5.74, 6) is 0. The first kappa shape index (κ1) is 11.8. The molecule has 0 radical (unpaired) electrons. The molecule has 0 saturated carbocycles. The van der Waals surface area contributed by atoms with Crippen molar-refractivity contribution in [1.29, 1.82) is 0 Å². The number of halogens is 1. The van der Waals surface area contributed by atoms with E-state index in [0.717, 1.165) is 0 Å². The maximum atomic E-state index is 3.50. The van der Waals surface area contributed by atoms with Crippen molar-refractivity contribution in [3.63, 3.8) is 0 Å². The molecule has 0 N–H and O–H groups in total. The van der Waals surface area contributed by atoms with Crippen molar-refractivity contribution in [3.8, 4) is 0 Å². The molecule has 0 amide bonds. The van der Waals surface area contributed by atoms with Gasteiger partial charge < -0.3 is 0 Å². The summed E-state index contributed by atoms with van der Waals surface area (Å²) < 4.78 is 1.20. The first-order valence-corrected chi connectivity index (χ1v) is 6.36. The summed E-state index contributed by atoms with van der Waals surface area (Å²) in [6, 6.07) is 8.64. The third kappa shape index (κ3) is 4.80. The Balaban J connectivity index is 2.18. The van der Waals surface area contributed by atoms with Crippen LogP contribution in [0.1, 0.15) is 44.6 Å². The van der Waals surface area contributed by atoms with Crippen molar-refractivity contribution in [2.45, 2.75) is 45.4 Å². The minimum atomic E-state index is 1.20. The second-order valence-electron chi connectivity index (χ2n) is 3.79. The molecule has 0 bridgehead atoms. The summed E-state index contributed by atoms with van der Waals surface area (Å²) in [5.41, 5.74) is 1.45. The monoisotopic (exact) mass is 254 g/mol. The van der Waals surface area contributed by atoms with Gasteiger partial charge in [0.25, 0.3) is 0 Å². The van der Waals surface area contributed by atoms with Gasteiger partial charge in [0, 0.05) is 4.47 Å². The Labute approximate surface area is 95.9 Å². The molecule has 14 heavy (non-hydrogen) atoms. The van der Waals surface area contributed by atoms with Crippen LogP contribution in [0.5, 0.6) is 0 Å². The average Bonchev–Trinajstić information content (AvgIpc) is 2.18. The van der Waals surface area contributed by atoms with Gasteiger partial charge in [-0.3, -0.25) is 0 Å². The predicted octanol–water partition coefficient (Wildman–Crippen LogP) is 4.96. The maximum absolute atomic E-state index is 3.50. The predicted molar refractivity (Wildman–Crippen MR) is 66.6 cm³/mol. The highest BCUT2D eigenvalue weighted by molar-refractivity contribution is 9.10. The van der Waals surface area contributed by atoms with E-state index >= 15 is 0 Å². The topological polar surface area (TPSA) is 0 Å². The van der Waals surface area contributed by atoms with Gasteiger partial charge in [-0.2, -0.15) is 0 Å². The smallest absolute Gasteiger partial charge is 0.0177 e. The lowest BCUT2D eigenvalue weighted by atomic mass is 10.1. The van der Waals surface area contributed by atoms with Gasteiger partial charge in [-0.25, -0.2) is 0 Å². The molecule has 0 unspecified atom stereocenters. The largest absolute Gasteiger partial charge is 0.0654 e. The van der Waals surface area contributed by atoms with Gasteiger partial charge in [-0.15, -0.1) is 0 Å². The average molecular weight is 255 g/mol. The normalized spacial score (nSPS) is 10.4. The fourth-order valence-corrected chi connectivity index (χ4v) is 2.07. The third-order valence-electron chi connectivity index (χ3n) is 2.46. The molecule has 1 heteroatoms. The van der Waals surface area contributed by atoms with Crippen LogP contribution in [0.15, 0.2) is 28.7 Å². The van der Waals surface area contributed by atoms with Crippen LogP contribution >= 0.6 is 15.9 Å². The van der Waals surface area contributed by atoms with Crippen molar-refractivity contribution in [2.24, 2.45) is 0 Å². The van der Waals surface area contributed by atoms with Crippen LogP contribution in [-0.4, -0.2) is 0 Å². The molecule has 1 aromatic carbocycles. The first-order chi connectivity index (χ1) is 6.83. The van der Waals surface area contributed by atoms with E-state index in [1.54, 1.807) is 0 Å². The zero-order valence-electron chi connectivity index (χ0n) is 8.93. The Bertz CT molecular complexity index is 255. The van der Waals surface area contributed by atoms with Crippen LogP contribution in [0.25, 0.3) is 0 Å². The van der Waals surface area contributed by atoms with E-state index in [0.29, 0.717) is 0 Å². The summed E-state index contributed by atoms with van der Waals surface area (Å²) in [7, 11) is 0. The molecule has 1 aromatic rings. The van der Waals surface area contributed by atoms with E-state index in [-0.39, 0.29) is 0 Å².